The molecule has 3 N–H and O–H groups in total. The predicted octanol–water partition coefficient (Wildman–Crippen LogP) is 1.60. The normalized spacial score (nSPS) is 12.6. The third-order valence-corrected chi connectivity index (χ3v) is 2.03. The fourth-order valence-electron chi connectivity index (χ4n) is 1.12. The molecule has 0 aromatic carbocycles. The van der Waals surface area contributed by atoms with Gasteiger partial charge in [-0.1, -0.05) is 26.1 Å². The first-order valence-electron chi connectivity index (χ1n) is 4.99. The Hall–Kier alpha value is -0.640. The van der Waals surface area contributed by atoms with Crippen LogP contribution < -0.4 is 11.1 Å². The Morgan fingerprint density at radius 2 is 2.00 bits per heavy atom. The van der Waals surface area contributed by atoms with E-state index in [1.165, 1.54) is 0 Å². The minimum Gasteiger partial charge on any atom is -0.393 e. The van der Waals surface area contributed by atoms with E-state index >= 15 is 0 Å². The zero-order chi connectivity index (χ0) is 11.1. The maximum absolute atomic E-state index is 11.3. The molecule has 0 rings (SSSR count). The summed E-state index contributed by atoms with van der Waals surface area (Å²) < 4.78 is 0. The molecule has 0 saturated heterocycles. The number of thiocarbonyl (C=S) groups is 1. The average Bonchev–Trinajstić information content (AvgIpc) is 1.98. The van der Waals surface area contributed by atoms with Gasteiger partial charge in [-0.05, 0) is 19.3 Å². The molecule has 0 aromatic rings. The van der Waals surface area contributed by atoms with Crippen LogP contribution in [0.25, 0.3) is 0 Å². The molecule has 0 aliphatic heterocycles. The molecule has 82 valence electrons. The van der Waals surface area contributed by atoms with Crippen molar-refractivity contribution in [2.24, 2.45) is 11.7 Å². The van der Waals surface area contributed by atoms with E-state index in [2.05, 4.69) is 19.2 Å². The second kappa shape index (κ2) is 6.76. The van der Waals surface area contributed by atoms with Crippen molar-refractivity contribution in [2.75, 3.05) is 0 Å². The highest BCUT2D eigenvalue weighted by molar-refractivity contribution is 7.80. The topological polar surface area (TPSA) is 55.1 Å². The van der Waals surface area contributed by atoms with Crippen LogP contribution in [-0.4, -0.2) is 16.9 Å². The zero-order valence-corrected chi connectivity index (χ0v) is 9.99. The molecule has 0 heterocycles. The van der Waals surface area contributed by atoms with E-state index in [-0.39, 0.29) is 11.9 Å². The molecular formula is C10H20N2OS. The summed E-state index contributed by atoms with van der Waals surface area (Å²) in [5.41, 5.74) is 5.37. The first-order valence-corrected chi connectivity index (χ1v) is 5.40. The summed E-state index contributed by atoms with van der Waals surface area (Å²) in [4.78, 5) is 11.8. The number of amides is 1. The van der Waals surface area contributed by atoms with Crippen molar-refractivity contribution >= 4 is 23.1 Å². The van der Waals surface area contributed by atoms with E-state index < -0.39 is 0 Å². The second-order valence-corrected chi connectivity index (χ2v) is 4.60. The molecular weight excluding hydrogens is 196 g/mol. The molecule has 0 bridgehead atoms. The molecule has 3 nitrogen and oxygen atoms in total. The monoisotopic (exact) mass is 216 g/mol. The van der Waals surface area contributed by atoms with E-state index in [1.807, 2.05) is 6.92 Å². The van der Waals surface area contributed by atoms with Crippen LogP contribution >= 0.6 is 12.2 Å². The van der Waals surface area contributed by atoms with Gasteiger partial charge >= 0.3 is 0 Å². The molecule has 0 aliphatic carbocycles. The van der Waals surface area contributed by atoms with Gasteiger partial charge in [0.05, 0.1) is 4.99 Å². The number of hydrogen-bond donors (Lipinski definition) is 2. The van der Waals surface area contributed by atoms with Gasteiger partial charge in [-0.15, -0.1) is 0 Å². The van der Waals surface area contributed by atoms with Crippen LogP contribution in [0.2, 0.25) is 0 Å². The Kier molecular flexibility index (Phi) is 6.45. The van der Waals surface area contributed by atoms with Crippen LogP contribution in [-0.2, 0) is 4.79 Å². The number of carbonyl (C=O) groups is 1. The molecule has 14 heavy (non-hydrogen) atoms. The summed E-state index contributed by atoms with van der Waals surface area (Å²) >= 11 is 4.76. The first kappa shape index (κ1) is 13.4. The molecule has 1 unspecified atom stereocenters. The van der Waals surface area contributed by atoms with Crippen LogP contribution in [0.1, 0.15) is 40.0 Å². The quantitative estimate of drug-likeness (QED) is 0.663. The van der Waals surface area contributed by atoms with E-state index in [1.54, 1.807) is 0 Å². The highest BCUT2D eigenvalue weighted by Gasteiger charge is 2.08. The van der Waals surface area contributed by atoms with Crippen LogP contribution in [0, 0.1) is 5.92 Å². The SMILES string of the molecule is CC(C)CCC(=O)NC(C)CC(N)=S. The lowest BCUT2D eigenvalue weighted by Gasteiger charge is -2.13. The van der Waals surface area contributed by atoms with Gasteiger partial charge in [-0.3, -0.25) is 4.79 Å². The van der Waals surface area contributed by atoms with Gasteiger partial charge in [0.15, 0.2) is 0 Å². The molecule has 0 aromatic heterocycles. The average molecular weight is 216 g/mol. The lowest BCUT2D eigenvalue weighted by molar-refractivity contribution is -0.121. The van der Waals surface area contributed by atoms with Crippen LogP contribution in [0.15, 0.2) is 0 Å². The van der Waals surface area contributed by atoms with Crippen molar-refractivity contribution in [3.05, 3.63) is 0 Å². The maximum atomic E-state index is 11.3. The Bertz CT molecular complexity index is 204. The summed E-state index contributed by atoms with van der Waals surface area (Å²) in [5, 5.41) is 2.86. The van der Waals surface area contributed by atoms with Crippen molar-refractivity contribution in [2.45, 2.75) is 46.1 Å². The Morgan fingerprint density at radius 3 is 2.43 bits per heavy atom. The third-order valence-electron chi connectivity index (χ3n) is 1.86. The Labute approximate surface area is 91.4 Å². The number of rotatable bonds is 6. The molecule has 0 fully saturated rings. The molecule has 0 spiro atoms. The smallest absolute Gasteiger partial charge is 0.220 e. The lowest BCUT2D eigenvalue weighted by Crippen LogP contribution is -2.35. The predicted molar refractivity (Wildman–Crippen MR) is 63.1 cm³/mol. The number of hydrogen-bond acceptors (Lipinski definition) is 2. The van der Waals surface area contributed by atoms with E-state index in [9.17, 15) is 4.79 Å². The zero-order valence-electron chi connectivity index (χ0n) is 9.17. The van der Waals surface area contributed by atoms with Crippen molar-refractivity contribution in [1.29, 1.82) is 0 Å². The fourth-order valence-corrected chi connectivity index (χ4v) is 1.37. The molecule has 1 amide bonds. The number of nitrogens with one attached hydrogen (secondary N) is 1. The molecule has 0 radical (unpaired) electrons. The summed E-state index contributed by atoms with van der Waals surface area (Å²) in [6.45, 7) is 6.11. The van der Waals surface area contributed by atoms with Gasteiger partial charge in [0.2, 0.25) is 5.91 Å². The van der Waals surface area contributed by atoms with Gasteiger partial charge in [0.25, 0.3) is 0 Å². The molecule has 4 heteroatoms. The standard InChI is InChI=1S/C10H20N2OS/c1-7(2)4-5-10(13)12-8(3)6-9(11)14/h7-8H,4-6H2,1-3H3,(H2,11,14)(H,12,13). The van der Waals surface area contributed by atoms with Crippen LogP contribution in [0.3, 0.4) is 0 Å². The largest absolute Gasteiger partial charge is 0.393 e. The highest BCUT2D eigenvalue weighted by Crippen LogP contribution is 2.03. The summed E-state index contributed by atoms with van der Waals surface area (Å²) in [6.07, 6.45) is 2.08. The van der Waals surface area contributed by atoms with Crippen LogP contribution in [0.5, 0.6) is 0 Å². The third kappa shape index (κ3) is 7.98. The van der Waals surface area contributed by atoms with E-state index in [0.29, 0.717) is 23.7 Å². The van der Waals surface area contributed by atoms with Gasteiger partial charge < -0.3 is 11.1 Å². The summed E-state index contributed by atoms with van der Waals surface area (Å²) in [6, 6.07) is 0.0483. The van der Waals surface area contributed by atoms with Gasteiger partial charge in [-0.25, -0.2) is 0 Å². The second-order valence-electron chi connectivity index (χ2n) is 4.07. The highest BCUT2D eigenvalue weighted by atomic mass is 32.1. The summed E-state index contributed by atoms with van der Waals surface area (Å²) in [5.74, 6) is 0.647. The Morgan fingerprint density at radius 1 is 1.43 bits per heavy atom. The van der Waals surface area contributed by atoms with Crippen molar-refractivity contribution in [3.8, 4) is 0 Å². The fraction of sp³-hybridized carbons (Fsp3) is 0.800. The lowest BCUT2D eigenvalue weighted by atomic mass is 10.1. The number of nitrogens with two attached hydrogens (primary N) is 1. The maximum Gasteiger partial charge on any atom is 0.220 e. The van der Waals surface area contributed by atoms with Crippen molar-refractivity contribution < 1.29 is 4.79 Å². The van der Waals surface area contributed by atoms with Crippen molar-refractivity contribution in [3.63, 3.8) is 0 Å². The molecule has 1 atom stereocenters. The van der Waals surface area contributed by atoms with E-state index in [0.717, 1.165) is 6.42 Å². The van der Waals surface area contributed by atoms with Gasteiger partial charge in [-0.2, -0.15) is 0 Å². The van der Waals surface area contributed by atoms with E-state index in [4.69, 9.17) is 18.0 Å². The van der Waals surface area contributed by atoms with Crippen molar-refractivity contribution in [1.82, 2.24) is 5.32 Å². The van der Waals surface area contributed by atoms with Gasteiger partial charge in [0, 0.05) is 18.9 Å². The molecule has 0 saturated carbocycles. The minimum atomic E-state index is 0.0483. The Balaban J connectivity index is 3.66. The first-order chi connectivity index (χ1) is 6.41. The van der Waals surface area contributed by atoms with Gasteiger partial charge in [0.1, 0.15) is 0 Å². The van der Waals surface area contributed by atoms with Crippen LogP contribution in [0.4, 0.5) is 0 Å². The minimum absolute atomic E-state index is 0.0483. The summed E-state index contributed by atoms with van der Waals surface area (Å²) in [7, 11) is 0. The number of carbonyl (C=O) groups excluding carboxylic acids is 1. The molecule has 0 aliphatic rings.